The first-order chi connectivity index (χ1) is 12.9. The molecule has 0 unspecified atom stereocenters. The highest BCUT2D eigenvalue weighted by molar-refractivity contribution is 5.85. The molecule has 1 aliphatic rings. The molecule has 0 bridgehead atoms. The van der Waals surface area contributed by atoms with Gasteiger partial charge in [0.2, 0.25) is 0 Å². The molecule has 0 N–H and O–H groups in total. The molecule has 0 atom stereocenters. The molecule has 2 aromatic rings. The Morgan fingerprint density at radius 1 is 0.821 bits per heavy atom. The van der Waals surface area contributed by atoms with Crippen LogP contribution in [0.5, 0.6) is 0 Å². The zero-order valence-corrected chi connectivity index (χ0v) is 19.3. The van der Waals surface area contributed by atoms with Crippen molar-refractivity contribution in [3.8, 4) is 11.1 Å². The van der Waals surface area contributed by atoms with E-state index in [1.807, 2.05) is 0 Å². The molecule has 0 saturated heterocycles. The Morgan fingerprint density at radius 2 is 1.39 bits per heavy atom. The zero-order chi connectivity index (χ0) is 20.9. The number of hydrogen-bond acceptors (Lipinski definition) is 0. The van der Waals surface area contributed by atoms with Crippen LogP contribution >= 0.6 is 0 Å². The Kier molecular flexibility index (Phi) is 5.38. The molecule has 0 saturated carbocycles. The van der Waals surface area contributed by atoms with Crippen molar-refractivity contribution < 1.29 is 0 Å². The van der Waals surface area contributed by atoms with Crippen molar-refractivity contribution in [2.75, 3.05) is 0 Å². The van der Waals surface area contributed by atoms with E-state index in [2.05, 4.69) is 105 Å². The van der Waals surface area contributed by atoms with Crippen LogP contribution in [-0.2, 0) is 10.8 Å². The van der Waals surface area contributed by atoms with E-state index in [9.17, 15) is 0 Å². The van der Waals surface area contributed by atoms with Crippen molar-refractivity contribution >= 4 is 6.08 Å². The third kappa shape index (κ3) is 4.27. The minimum absolute atomic E-state index is 0.132. The van der Waals surface area contributed by atoms with E-state index in [4.69, 9.17) is 0 Å². The van der Waals surface area contributed by atoms with E-state index in [0.29, 0.717) is 5.92 Å². The normalized spacial score (nSPS) is 14.4. The van der Waals surface area contributed by atoms with E-state index < -0.39 is 0 Å². The molecule has 0 heterocycles. The Morgan fingerprint density at radius 3 is 1.89 bits per heavy atom. The van der Waals surface area contributed by atoms with Gasteiger partial charge >= 0.3 is 0 Å². The average Bonchev–Trinajstić information content (AvgIpc) is 2.94. The number of fused-ring (bicyclic) bond motifs is 1. The molecular formula is C28H37. The number of hydrogen-bond donors (Lipinski definition) is 0. The first-order valence-electron chi connectivity index (χ1n) is 10.7. The third-order valence-corrected chi connectivity index (χ3v) is 5.76. The lowest BCUT2D eigenvalue weighted by molar-refractivity contribution is 0.569. The van der Waals surface area contributed by atoms with Crippen LogP contribution in [0.4, 0.5) is 0 Å². The van der Waals surface area contributed by atoms with Crippen molar-refractivity contribution in [3.63, 3.8) is 0 Å². The second-order valence-corrected chi connectivity index (χ2v) is 11.0. The van der Waals surface area contributed by atoms with Crippen LogP contribution in [-0.4, -0.2) is 0 Å². The van der Waals surface area contributed by atoms with Gasteiger partial charge in [-0.3, -0.25) is 0 Å². The molecule has 2 aromatic carbocycles. The molecule has 0 nitrogen and oxygen atoms in total. The number of benzene rings is 2. The van der Waals surface area contributed by atoms with Gasteiger partial charge in [0.15, 0.2) is 0 Å². The van der Waals surface area contributed by atoms with Crippen LogP contribution in [0.15, 0.2) is 35.9 Å². The molecule has 149 valence electrons. The van der Waals surface area contributed by atoms with Crippen molar-refractivity contribution in [2.24, 2.45) is 5.92 Å². The summed E-state index contributed by atoms with van der Waals surface area (Å²) in [5, 5.41) is 0. The van der Waals surface area contributed by atoms with Crippen molar-refractivity contribution in [1.29, 1.82) is 0 Å². The highest BCUT2D eigenvalue weighted by Crippen LogP contribution is 2.41. The Balaban J connectivity index is 2.23. The van der Waals surface area contributed by atoms with Gasteiger partial charge in [-0.25, -0.2) is 0 Å². The van der Waals surface area contributed by atoms with Crippen LogP contribution in [0.2, 0.25) is 0 Å². The molecular weight excluding hydrogens is 336 g/mol. The van der Waals surface area contributed by atoms with Crippen molar-refractivity contribution in [1.82, 2.24) is 0 Å². The Hall–Kier alpha value is -1.82. The number of aryl methyl sites for hydroxylation is 1. The van der Waals surface area contributed by atoms with E-state index in [-0.39, 0.29) is 10.8 Å². The first-order valence-corrected chi connectivity index (χ1v) is 10.7. The topological polar surface area (TPSA) is 0 Å². The maximum atomic E-state index is 2.43. The molecule has 28 heavy (non-hydrogen) atoms. The van der Waals surface area contributed by atoms with E-state index in [1.54, 1.807) is 0 Å². The summed E-state index contributed by atoms with van der Waals surface area (Å²) in [5.74, 6) is 0.679. The van der Waals surface area contributed by atoms with Gasteiger partial charge in [-0.1, -0.05) is 97.4 Å². The van der Waals surface area contributed by atoms with Gasteiger partial charge in [0, 0.05) is 6.42 Å². The van der Waals surface area contributed by atoms with Crippen molar-refractivity contribution in [2.45, 2.75) is 79.6 Å². The summed E-state index contributed by atoms with van der Waals surface area (Å²) < 4.78 is 0. The van der Waals surface area contributed by atoms with Gasteiger partial charge in [-0.05, 0) is 69.0 Å². The van der Waals surface area contributed by atoms with Gasteiger partial charge in [0.1, 0.15) is 0 Å². The lowest BCUT2D eigenvalue weighted by Crippen LogP contribution is -2.16. The molecule has 0 fully saturated rings. The Bertz CT molecular complexity index is 876. The minimum atomic E-state index is 0.132. The minimum Gasteiger partial charge on any atom is -0.0625 e. The lowest BCUT2D eigenvalue weighted by Gasteiger charge is -2.27. The van der Waals surface area contributed by atoms with Crippen molar-refractivity contribution in [3.05, 3.63) is 70.1 Å². The highest BCUT2D eigenvalue weighted by Gasteiger charge is 2.24. The Labute approximate surface area is 173 Å². The molecule has 0 amide bonds. The van der Waals surface area contributed by atoms with Crippen LogP contribution < -0.4 is 0 Å². The quantitative estimate of drug-likeness (QED) is 0.508. The standard InChI is InChI=1S/C28H37/c1-18(2)12-20-13-21-11-10-19(3)26(25(21)14-20)22-15-23(27(4,5)6)17-24(16-22)28(7,8)9/h10-11,13-18H,12H2,1-9H3. The fourth-order valence-electron chi connectivity index (χ4n) is 4.06. The zero-order valence-electron chi connectivity index (χ0n) is 19.3. The SMILES string of the molecule is Cc1ccc2c(c1-c1cc(C(C)(C)C)cc(C(C)(C)C)c1)C=C(CC(C)C)[CH]2. The predicted molar refractivity (Wildman–Crippen MR) is 125 cm³/mol. The third-order valence-electron chi connectivity index (χ3n) is 5.76. The fourth-order valence-corrected chi connectivity index (χ4v) is 4.06. The smallest absolute Gasteiger partial charge is 0.0164 e. The van der Waals surface area contributed by atoms with Crippen LogP contribution in [0.1, 0.15) is 89.6 Å². The van der Waals surface area contributed by atoms with Gasteiger partial charge in [0.05, 0.1) is 0 Å². The second-order valence-electron chi connectivity index (χ2n) is 11.0. The van der Waals surface area contributed by atoms with Gasteiger partial charge in [-0.2, -0.15) is 0 Å². The van der Waals surface area contributed by atoms with Crippen LogP contribution in [0.25, 0.3) is 17.2 Å². The summed E-state index contributed by atoms with van der Waals surface area (Å²) in [4.78, 5) is 0. The molecule has 1 radical (unpaired) electrons. The van der Waals surface area contributed by atoms with Gasteiger partial charge < -0.3 is 0 Å². The van der Waals surface area contributed by atoms with Crippen LogP contribution in [0.3, 0.4) is 0 Å². The summed E-state index contributed by atoms with van der Waals surface area (Å²) in [7, 11) is 0. The lowest BCUT2D eigenvalue weighted by atomic mass is 9.78. The monoisotopic (exact) mass is 373 g/mol. The maximum Gasteiger partial charge on any atom is 0.0164 e. The van der Waals surface area contributed by atoms with E-state index >= 15 is 0 Å². The molecule has 0 aliphatic heterocycles. The summed E-state index contributed by atoms with van der Waals surface area (Å²) in [5.41, 5.74) is 11.5. The number of allylic oxidation sites excluding steroid dienone is 1. The average molecular weight is 374 g/mol. The van der Waals surface area contributed by atoms with Gasteiger partial charge in [0.25, 0.3) is 0 Å². The number of rotatable bonds is 3. The molecule has 3 rings (SSSR count). The predicted octanol–water partition coefficient (Wildman–Crippen LogP) is 8.25. The molecule has 0 aromatic heterocycles. The summed E-state index contributed by atoms with van der Waals surface area (Å²) >= 11 is 0. The second kappa shape index (κ2) is 7.21. The highest BCUT2D eigenvalue weighted by atomic mass is 14.3. The largest absolute Gasteiger partial charge is 0.0625 e. The summed E-state index contributed by atoms with van der Waals surface area (Å²) in [6, 6.07) is 11.8. The molecule has 0 spiro atoms. The maximum absolute atomic E-state index is 2.43. The van der Waals surface area contributed by atoms with E-state index in [1.165, 1.54) is 44.5 Å². The first kappa shape index (κ1) is 20.9. The molecule has 0 heteroatoms. The van der Waals surface area contributed by atoms with E-state index in [0.717, 1.165) is 6.42 Å². The molecule has 1 aliphatic carbocycles. The van der Waals surface area contributed by atoms with Crippen LogP contribution in [0, 0.1) is 19.3 Å². The summed E-state index contributed by atoms with van der Waals surface area (Å²) in [6.45, 7) is 20.7. The fraction of sp³-hybridized carbons (Fsp3) is 0.464. The summed E-state index contributed by atoms with van der Waals surface area (Å²) in [6.07, 6.45) is 5.96. The van der Waals surface area contributed by atoms with Gasteiger partial charge in [-0.15, -0.1) is 0 Å².